The fraction of sp³-hybridized carbons (Fsp3) is 0.350. The number of likely N-dealkylation sites (tertiary alicyclic amines) is 1. The predicted octanol–water partition coefficient (Wildman–Crippen LogP) is 1.74. The first-order valence-corrected chi connectivity index (χ1v) is 10.9. The van der Waals surface area contributed by atoms with Crippen molar-refractivity contribution in [2.24, 2.45) is 5.84 Å². The first kappa shape index (κ1) is 20.3. The van der Waals surface area contributed by atoms with Crippen LogP contribution in [0, 0.1) is 0 Å². The van der Waals surface area contributed by atoms with Crippen LogP contribution in [0.15, 0.2) is 54.6 Å². The first-order chi connectivity index (χ1) is 13.5. The van der Waals surface area contributed by atoms with Gasteiger partial charge >= 0.3 is 0 Å². The van der Waals surface area contributed by atoms with Gasteiger partial charge in [0.1, 0.15) is 0 Å². The molecule has 7 nitrogen and oxygen atoms in total. The standard InChI is InChI=1S/C20H26N4O3S/c21-22-20(25)17-10-8-16(9-11-17)14-19(15-24-12-4-5-13-24)28(26,27)23-18-6-2-1-3-7-18/h1-3,6-11,19,23H,4-5,12-15,21H2,(H,22,25). The van der Waals surface area contributed by atoms with Crippen molar-refractivity contribution in [3.05, 3.63) is 65.7 Å². The molecule has 1 atom stereocenters. The lowest BCUT2D eigenvalue weighted by molar-refractivity contribution is 0.0953. The lowest BCUT2D eigenvalue weighted by Gasteiger charge is -2.24. The molecule has 1 amide bonds. The average molecular weight is 403 g/mol. The van der Waals surface area contributed by atoms with Crippen molar-refractivity contribution in [3.63, 3.8) is 0 Å². The molecule has 0 aromatic heterocycles. The molecule has 3 rings (SSSR count). The normalized spacial score (nSPS) is 15.9. The Morgan fingerprint density at radius 1 is 1.04 bits per heavy atom. The number of hydrogen-bond donors (Lipinski definition) is 3. The van der Waals surface area contributed by atoms with E-state index in [1.165, 1.54) is 0 Å². The van der Waals surface area contributed by atoms with E-state index in [4.69, 9.17) is 5.84 Å². The van der Waals surface area contributed by atoms with E-state index in [0.717, 1.165) is 31.5 Å². The van der Waals surface area contributed by atoms with Crippen molar-refractivity contribution in [2.75, 3.05) is 24.4 Å². The van der Waals surface area contributed by atoms with E-state index >= 15 is 0 Å². The molecule has 2 aromatic rings. The molecule has 0 bridgehead atoms. The number of hydrogen-bond acceptors (Lipinski definition) is 5. The van der Waals surface area contributed by atoms with Gasteiger partial charge in [0, 0.05) is 17.8 Å². The second-order valence-electron chi connectivity index (χ2n) is 7.02. The molecule has 1 saturated heterocycles. The van der Waals surface area contributed by atoms with Crippen LogP contribution in [0.4, 0.5) is 5.69 Å². The number of amides is 1. The van der Waals surface area contributed by atoms with Gasteiger partial charge < -0.3 is 4.90 Å². The highest BCUT2D eigenvalue weighted by Gasteiger charge is 2.29. The van der Waals surface area contributed by atoms with Gasteiger partial charge in [0.15, 0.2) is 0 Å². The fourth-order valence-electron chi connectivity index (χ4n) is 3.42. The van der Waals surface area contributed by atoms with E-state index < -0.39 is 15.3 Å². The van der Waals surface area contributed by atoms with Gasteiger partial charge in [0.05, 0.1) is 5.25 Å². The highest BCUT2D eigenvalue weighted by Crippen LogP contribution is 2.19. The maximum absolute atomic E-state index is 13.1. The van der Waals surface area contributed by atoms with Crippen LogP contribution in [0.25, 0.3) is 0 Å². The molecule has 4 N–H and O–H groups in total. The van der Waals surface area contributed by atoms with Crippen molar-refractivity contribution < 1.29 is 13.2 Å². The Morgan fingerprint density at radius 2 is 1.68 bits per heavy atom. The third-order valence-corrected chi connectivity index (χ3v) is 6.66. The van der Waals surface area contributed by atoms with Gasteiger partial charge in [0.25, 0.3) is 5.91 Å². The van der Waals surface area contributed by atoms with E-state index in [2.05, 4.69) is 15.0 Å². The van der Waals surface area contributed by atoms with Crippen molar-refractivity contribution >= 4 is 21.6 Å². The van der Waals surface area contributed by atoms with Crippen molar-refractivity contribution in [2.45, 2.75) is 24.5 Å². The largest absolute Gasteiger partial charge is 0.302 e. The fourth-order valence-corrected chi connectivity index (χ4v) is 4.87. The Labute approximate surface area is 165 Å². The number of hydrazine groups is 1. The molecule has 28 heavy (non-hydrogen) atoms. The molecule has 1 heterocycles. The predicted molar refractivity (Wildman–Crippen MR) is 110 cm³/mol. The molecular weight excluding hydrogens is 376 g/mol. The number of sulfonamides is 1. The van der Waals surface area contributed by atoms with Crippen LogP contribution < -0.4 is 16.0 Å². The van der Waals surface area contributed by atoms with Crippen LogP contribution >= 0.6 is 0 Å². The zero-order valence-corrected chi connectivity index (χ0v) is 16.5. The number of nitrogens with zero attached hydrogens (tertiary/aromatic N) is 1. The lowest BCUT2D eigenvalue weighted by Crippen LogP contribution is -2.40. The monoisotopic (exact) mass is 402 g/mol. The number of para-hydroxylation sites is 1. The van der Waals surface area contributed by atoms with Gasteiger partial charge in [-0.1, -0.05) is 30.3 Å². The van der Waals surface area contributed by atoms with Gasteiger partial charge in [-0.25, -0.2) is 14.3 Å². The topological polar surface area (TPSA) is 105 Å². The number of nitrogens with two attached hydrogens (primary N) is 1. The van der Waals surface area contributed by atoms with Crippen LogP contribution in [0.2, 0.25) is 0 Å². The van der Waals surface area contributed by atoms with Crippen LogP contribution in [-0.4, -0.2) is 44.1 Å². The molecule has 1 aliphatic rings. The van der Waals surface area contributed by atoms with E-state index in [1.54, 1.807) is 48.5 Å². The number of anilines is 1. The molecule has 0 saturated carbocycles. The van der Waals surface area contributed by atoms with Crippen LogP contribution in [0.5, 0.6) is 0 Å². The zero-order chi connectivity index (χ0) is 20.0. The maximum atomic E-state index is 13.1. The van der Waals surface area contributed by atoms with Crippen molar-refractivity contribution in [1.29, 1.82) is 0 Å². The minimum atomic E-state index is -3.58. The molecule has 1 fully saturated rings. The summed E-state index contributed by atoms with van der Waals surface area (Å²) in [5.41, 5.74) is 3.94. The minimum absolute atomic E-state index is 0.364. The molecule has 1 aliphatic heterocycles. The van der Waals surface area contributed by atoms with Crippen molar-refractivity contribution in [3.8, 4) is 0 Å². The van der Waals surface area contributed by atoms with Crippen LogP contribution in [0.1, 0.15) is 28.8 Å². The second kappa shape index (κ2) is 9.18. The summed E-state index contributed by atoms with van der Waals surface area (Å²) in [4.78, 5) is 13.8. The first-order valence-electron chi connectivity index (χ1n) is 9.37. The van der Waals surface area contributed by atoms with Gasteiger partial charge in [0.2, 0.25) is 10.0 Å². The van der Waals surface area contributed by atoms with Gasteiger partial charge in [-0.05, 0) is 62.2 Å². The summed E-state index contributed by atoms with van der Waals surface area (Å²) in [6.45, 7) is 2.33. The Kier molecular flexibility index (Phi) is 6.66. The quantitative estimate of drug-likeness (QED) is 0.354. The van der Waals surface area contributed by atoms with Gasteiger partial charge in [-0.15, -0.1) is 0 Å². The smallest absolute Gasteiger partial charge is 0.265 e. The van der Waals surface area contributed by atoms with Gasteiger partial charge in [-0.3, -0.25) is 14.9 Å². The number of rotatable bonds is 8. The number of nitrogens with one attached hydrogen (secondary N) is 2. The molecule has 8 heteroatoms. The SMILES string of the molecule is NNC(=O)c1ccc(CC(CN2CCCC2)S(=O)(=O)Nc2ccccc2)cc1. The summed E-state index contributed by atoms with van der Waals surface area (Å²) in [7, 11) is -3.58. The number of carbonyl (C=O) groups is 1. The molecular formula is C20H26N4O3S. The summed E-state index contributed by atoms with van der Waals surface area (Å²) >= 11 is 0. The number of nitrogen functional groups attached to an aromatic ring is 1. The maximum Gasteiger partial charge on any atom is 0.265 e. The molecule has 0 spiro atoms. The average Bonchev–Trinajstić information content (AvgIpc) is 3.21. The summed E-state index contributed by atoms with van der Waals surface area (Å²) in [5, 5.41) is -0.597. The Bertz CT molecular complexity index is 879. The Hall–Kier alpha value is -2.42. The summed E-state index contributed by atoms with van der Waals surface area (Å²) in [5.74, 6) is 4.78. The van der Waals surface area contributed by atoms with E-state index in [9.17, 15) is 13.2 Å². The highest BCUT2D eigenvalue weighted by atomic mass is 32.2. The zero-order valence-electron chi connectivity index (χ0n) is 15.7. The number of benzene rings is 2. The van der Waals surface area contributed by atoms with E-state index in [-0.39, 0.29) is 5.91 Å². The molecule has 0 radical (unpaired) electrons. The third kappa shape index (κ3) is 5.31. The Morgan fingerprint density at radius 3 is 2.29 bits per heavy atom. The minimum Gasteiger partial charge on any atom is -0.302 e. The molecule has 2 aromatic carbocycles. The molecule has 0 aliphatic carbocycles. The second-order valence-corrected chi connectivity index (χ2v) is 8.98. The van der Waals surface area contributed by atoms with Crippen molar-refractivity contribution in [1.82, 2.24) is 10.3 Å². The van der Waals surface area contributed by atoms with E-state index in [0.29, 0.717) is 24.2 Å². The highest BCUT2D eigenvalue weighted by molar-refractivity contribution is 7.93. The van der Waals surface area contributed by atoms with E-state index in [1.807, 2.05) is 6.07 Å². The summed E-state index contributed by atoms with van der Waals surface area (Å²) in [6, 6.07) is 15.8. The molecule has 1 unspecified atom stereocenters. The summed E-state index contributed by atoms with van der Waals surface area (Å²) < 4.78 is 28.9. The van der Waals surface area contributed by atoms with Gasteiger partial charge in [-0.2, -0.15) is 0 Å². The third-order valence-electron chi connectivity index (χ3n) is 4.94. The summed E-state index contributed by atoms with van der Waals surface area (Å²) in [6.07, 6.45) is 2.56. The Balaban J connectivity index is 1.78. The lowest BCUT2D eigenvalue weighted by atomic mass is 10.1. The number of carbonyl (C=O) groups excluding carboxylic acids is 1. The van der Waals surface area contributed by atoms with Crippen LogP contribution in [-0.2, 0) is 16.4 Å². The van der Waals surface area contributed by atoms with Crippen LogP contribution in [0.3, 0.4) is 0 Å². The molecule has 150 valence electrons.